The number of methoxy groups -OCH3 is 1. The number of aliphatic imine (C=N–C) groups is 1. The average molecular weight is 325 g/mol. The van der Waals surface area contributed by atoms with Gasteiger partial charge >= 0.3 is 0 Å². The van der Waals surface area contributed by atoms with E-state index in [1.807, 2.05) is 19.1 Å². The van der Waals surface area contributed by atoms with Crippen molar-refractivity contribution in [3.63, 3.8) is 0 Å². The Hall–Kier alpha value is -2.33. The molecule has 128 valence electrons. The van der Waals surface area contributed by atoms with Crippen LogP contribution in [0.2, 0.25) is 0 Å². The third-order valence-electron chi connectivity index (χ3n) is 3.91. The number of guanidine groups is 1. The smallest absolute Gasteiger partial charge is 0.188 e. The molecule has 0 bridgehead atoms. The lowest BCUT2D eigenvalue weighted by Crippen LogP contribution is -2.40. The molecule has 1 atom stereocenters. The topological polar surface area (TPSA) is 59.6 Å². The van der Waals surface area contributed by atoms with E-state index in [1.165, 1.54) is 11.1 Å². The molecular formula is C20H27N3O. The molecule has 0 radical (unpaired) electrons. The lowest BCUT2D eigenvalue weighted by Gasteiger charge is -2.18. The van der Waals surface area contributed by atoms with E-state index in [-0.39, 0.29) is 6.04 Å². The van der Waals surface area contributed by atoms with E-state index in [4.69, 9.17) is 10.5 Å². The van der Waals surface area contributed by atoms with Crippen LogP contribution in [0.3, 0.4) is 0 Å². The maximum atomic E-state index is 5.95. The fraction of sp³-hybridized carbons (Fsp3) is 0.350. The zero-order valence-corrected chi connectivity index (χ0v) is 14.5. The molecule has 0 aliphatic rings. The SMILES string of the molecule is COCC(C)NC(N)=NCCC(c1ccccc1)c1ccccc1. The first-order chi connectivity index (χ1) is 11.7. The van der Waals surface area contributed by atoms with E-state index >= 15 is 0 Å². The molecule has 0 saturated heterocycles. The number of benzene rings is 2. The van der Waals surface area contributed by atoms with Crippen molar-refractivity contribution in [2.75, 3.05) is 20.3 Å². The Morgan fingerprint density at radius 2 is 1.58 bits per heavy atom. The molecule has 2 aromatic carbocycles. The highest BCUT2D eigenvalue weighted by molar-refractivity contribution is 5.78. The third kappa shape index (κ3) is 5.70. The normalized spacial score (nSPS) is 13.0. The molecule has 4 heteroatoms. The van der Waals surface area contributed by atoms with Crippen LogP contribution in [0, 0.1) is 0 Å². The van der Waals surface area contributed by atoms with E-state index in [0.29, 0.717) is 25.0 Å². The number of hydrogen-bond acceptors (Lipinski definition) is 2. The average Bonchev–Trinajstić information content (AvgIpc) is 2.60. The molecule has 4 nitrogen and oxygen atoms in total. The van der Waals surface area contributed by atoms with Crippen LogP contribution in [0.1, 0.15) is 30.4 Å². The number of nitrogens with two attached hydrogens (primary N) is 1. The van der Waals surface area contributed by atoms with E-state index in [2.05, 4.69) is 58.8 Å². The van der Waals surface area contributed by atoms with Crippen LogP contribution >= 0.6 is 0 Å². The number of rotatable bonds is 8. The van der Waals surface area contributed by atoms with Gasteiger partial charge in [-0.25, -0.2) is 0 Å². The minimum atomic E-state index is 0.151. The van der Waals surface area contributed by atoms with Gasteiger partial charge in [0.15, 0.2) is 5.96 Å². The first kappa shape index (κ1) is 18.0. The Morgan fingerprint density at radius 1 is 1.04 bits per heavy atom. The summed E-state index contributed by atoms with van der Waals surface area (Å²) in [5, 5.41) is 3.14. The van der Waals surface area contributed by atoms with E-state index in [0.717, 1.165) is 6.42 Å². The first-order valence-electron chi connectivity index (χ1n) is 8.36. The van der Waals surface area contributed by atoms with Gasteiger partial charge < -0.3 is 15.8 Å². The Kier molecular flexibility index (Phi) is 7.30. The molecule has 0 aliphatic carbocycles. The highest BCUT2D eigenvalue weighted by Gasteiger charge is 2.13. The molecule has 0 spiro atoms. The molecule has 0 aromatic heterocycles. The summed E-state index contributed by atoms with van der Waals surface area (Å²) in [5.41, 5.74) is 8.56. The van der Waals surface area contributed by atoms with Gasteiger partial charge in [0, 0.05) is 25.6 Å². The van der Waals surface area contributed by atoms with E-state index in [9.17, 15) is 0 Å². The summed E-state index contributed by atoms with van der Waals surface area (Å²) in [5.74, 6) is 0.791. The number of nitrogens with one attached hydrogen (secondary N) is 1. The predicted molar refractivity (Wildman–Crippen MR) is 100 cm³/mol. The number of ether oxygens (including phenoxy) is 1. The van der Waals surface area contributed by atoms with Crippen molar-refractivity contribution in [3.8, 4) is 0 Å². The molecule has 0 saturated carbocycles. The summed E-state index contributed by atoms with van der Waals surface area (Å²) in [6, 6.07) is 21.2. The van der Waals surface area contributed by atoms with E-state index < -0.39 is 0 Å². The second-order valence-corrected chi connectivity index (χ2v) is 5.93. The van der Waals surface area contributed by atoms with Gasteiger partial charge in [0.1, 0.15) is 0 Å². The Balaban J connectivity index is 2.02. The van der Waals surface area contributed by atoms with Crippen LogP contribution in [-0.4, -0.2) is 32.3 Å². The van der Waals surface area contributed by atoms with Crippen LogP contribution < -0.4 is 11.1 Å². The van der Waals surface area contributed by atoms with Crippen molar-refractivity contribution in [1.82, 2.24) is 5.32 Å². The Labute approximate surface area is 144 Å². The van der Waals surface area contributed by atoms with Gasteiger partial charge in [-0.3, -0.25) is 4.99 Å². The minimum absolute atomic E-state index is 0.151. The molecule has 3 N–H and O–H groups in total. The largest absolute Gasteiger partial charge is 0.383 e. The van der Waals surface area contributed by atoms with Gasteiger partial charge in [-0.05, 0) is 24.5 Å². The van der Waals surface area contributed by atoms with Gasteiger partial charge in [-0.1, -0.05) is 60.7 Å². The fourth-order valence-electron chi connectivity index (χ4n) is 2.80. The monoisotopic (exact) mass is 325 g/mol. The number of hydrogen-bond donors (Lipinski definition) is 2. The van der Waals surface area contributed by atoms with Crippen LogP contribution in [0.25, 0.3) is 0 Å². The molecule has 2 rings (SSSR count). The van der Waals surface area contributed by atoms with Gasteiger partial charge in [-0.15, -0.1) is 0 Å². The second kappa shape index (κ2) is 9.73. The van der Waals surface area contributed by atoms with E-state index in [1.54, 1.807) is 7.11 Å². The van der Waals surface area contributed by atoms with Gasteiger partial charge in [0.2, 0.25) is 0 Å². The third-order valence-corrected chi connectivity index (χ3v) is 3.91. The van der Waals surface area contributed by atoms with Crippen molar-refractivity contribution >= 4 is 5.96 Å². The highest BCUT2D eigenvalue weighted by Crippen LogP contribution is 2.27. The summed E-state index contributed by atoms with van der Waals surface area (Å²) in [6.07, 6.45) is 0.912. The Bertz CT molecular complexity index is 574. The summed E-state index contributed by atoms with van der Waals surface area (Å²) < 4.78 is 5.09. The summed E-state index contributed by atoms with van der Waals surface area (Å²) >= 11 is 0. The zero-order chi connectivity index (χ0) is 17.2. The fourth-order valence-corrected chi connectivity index (χ4v) is 2.80. The summed E-state index contributed by atoms with van der Waals surface area (Å²) in [4.78, 5) is 4.46. The maximum absolute atomic E-state index is 5.95. The molecular weight excluding hydrogens is 298 g/mol. The minimum Gasteiger partial charge on any atom is -0.383 e. The molecule has 0 heterocycles. The molecule has 0 aliphatic heterocycles. The van der Waals surface area contributed by atoms with Crippen molar-refractivity contribution in [2.45, 2.75) is 25.3 Å². The van der Waals surface area contributed by atoms with Gasteiger partial charge in [-0.2, -0.15) is 0 Å². The Morgan fingerprint density at radius 3 is 2.08 bits per heavy atom. The van der Waals surface area contributed by atoms with Gasteiger partial charge in [0.05, 0.1) is 6.61 Å². The van der Waals surface area contributed by atoms with Crippen molar-refractivity contribution in [1.29, 1.82) is 0 Å². The van der Waals surface area contributed by atoms with Crippen LogP contribution in [0.15, 0.2) is 65.7 Å². The highest BCUT2D eigenvalue weighted by atomic mass is 16.5. The lowest BCUT2D eigenvalue weighted by atomic mass is 9.89. The standard InChI is InChI=1S/C20H27N3O/c1-16(15-24-2)23-20(21)22-14-13-19(17-9-5-3-6-10-17)18-11-7-4-8-12-18/h3-12,16,19H,13-15H2,1-2H3,(H3,21,22,23). The number of nitrogens with zero attached hydrogens (tertiary/aromatic N) is 1. The zero-order valence-electron chi connectivity index (χ0n) is 14.5. The first-order valence-corrected chi connectivity index (χ1v) is 8.36. The van der Waals surface area contributed by atoms with Gasteiger partial charge in [0.25, 0.3) is 0 Å². The lowest BCUT2D eigenvalue weighted by molar-refractivity contribution is 0.179. The molecule has 24 heavy (non-hydrogen) atoms. The van der Waals surface area contributed by atoms with Crippen molar-refractivity contribution in [3.05, 3.63) is 71.8 Å². The summed E-state index contributed by atoms with van der Waals surface area (Å²) in [6.45, 7) is 3.29. The van der Waals surface area contributed by atoms with Crippen LogP contribution in [-0.2, 0) is 4.74 Å². The quantitative estimate of drug-likeness (QED) is 0.579. The molecule has 0 amide bonds. The molecule has 0 fully saturated rings. The molecule has 2 aromatic rings. The van der Waals surface area contributed by atoms with Crippen molar-refractivity contribution < 1.29 is 4.74 Å². The van der Waals surface area contributed by atoms with Crippen molar-refractivity contribution in [2.24, 2.45) is 10.7 Å². The van der Waals surface area contributed by atoms with Crippen LogP contribution in [0.5, 0.6) is 0 Å². The van der Waals surface area contributed by atoms with Crippen LogP contribution in [0.4, 0.5) is 0 Å². The maximum Gasteiger partial charge on any atom is 0.188 e. The second-order valence-electron chi connectivity index (χ2n) is 5.93. The molecule has 1 unspecified atom stereocenters. The predicted octanol–water partition coefficient (Wildman–Crippen LogP) is 3.15. The summed E-state index contributed by atoms with van der Waals surface area (Å²) in [7, 11) is 1.68.